The number of carboxylic acid groups (broad SMARTS) is 1. The third-order valence-corrected chi connectivity index (χ3v) is 4.50. The minimum atomic E-state index is -0.866. The highest BCUT2D eigenvalue weighted by atomic mass is 32.1. The van der Waals surface area contributed by atoms with Crippen LogP contribution in [0, 0.1) is 24.7 Å². The number of hydrogen-bond acceptors (Lipinski definition) is 4. The molecule has 104 valence electrons. The number of carbonyl (C=O) groups is 2. The number of carboxylic acids is 1. The molecule has 5 nitrogen and oxygen atoms in total. The van der Waals surface area contributed by atoms with Crippen molar-refractivity contribution in [2.24, 2.45) is 17.8 Å². The van der Waals surface area contributed by atoms with Gasteiger partial charge in [-0.1, -0.05) is 6.92 Å². The van der Waals surface area contributed by atoms with E-state index >= 15 is 0 Å². The summed E-state index contributed by atoms with van der Waals surface area (Å²) >= 11 is 1.50. The Morgan fingerprint density at radius 3 is 2.74 bits per heavy atom. The lowest BCUT2D eigenvalue weighted by Gasteiger charge is -2.14. The Hall–Kier alpha value is -1.43. The maximum Gasteiger partial charge on any atom is 0.307 e. The Labute approximate surface area is 116 Å². The smallest absolute Gasteiger partial charge is 0.307 e. The van der Waals surface area contributed by atoms with Gasteiger partial charge in [-0.2, -0.15) is 0 Å². The topological polar surface area (TPSA) is 79.3 Å². The van der Waals surface area contributed by atoms with E-state index in [2.05, 4.69) is 10.3 Å². The van der Waals surface area contributed by atoms with Crippen molar-refractivity contribution in [1.29, 1.82) is 0 Å². The van der Waals surface area contributed by atoms with Crippen molar-refractivity contribution < 1.29 is 14.7 Å². The fourth-order valence-electron chi connectivity index (χ4n) is 2.63. The lowest BCUT2D eigenvalue weighted by Crippen LogP contribution is -2.34. The standard InChI is InChI=1S/C13H18N2O3S/c1-7-3-9(10(4-7)13(17)18)12(16)14-5-11-15-8(2)6-19-11/h6-7,9-10H,3-5H2,1-2H3,(H,14,16)(H,17,18). The van der Waals surface area contributed by atoms with E-state index in [4.69, 9.17) is 5.11 Å². The Morgan fingerprint density at radius 2 is 2.16 bits per heavy atom. The van der Waals surface area contributed by atoms with Gasteiger partial charge in [-0.05, 0) is 25.7 Å². The fraction of sp³-hybridized carbons (Fsp3) is 0.615. The van der Waals surface area contributed by atoms with Gasteiger partial charge in [0.15, 0.2) is 0 Å². The molecule has 1 aliphatic rings. The normalized spacial score (nSPS) is 26.3. The number of amides is 1. The zero-order valence-electron chi connectivity index (χ0n) is 11.0. The average Bonchev–Trinajstić information content (AvgIpc) is 2.92. The van der Waals surface area contributed by atoms with E-state index in [1.807, 2.05) is 19.2 Å². The highest BCUT2D eigenvalue weighted by Gasteiger charge is 2.41. The number of rotatable bonds is 4. The van der Waals surface area contributed by atoms with Crippen LogP contribution in [0.3, 0.4) is 0 Å². The first-order valence-electron chi connectivity index (χ1n) is 6.39. The number of hydrogen-bond donors (Lipinski definition) is 2. The molecule has 0 spiro atoms. The van der Waals surface area contributed by atoms with Gasteiger partial charge in [0.05, 0.1) is 18.4 Å². The molecule has 1 aromatic heterocycles. The number of aryl methyl sites for hydroxylation is 1. The Morgan fingerprint density at radius 1 is 1.47 bits per heavy atom. The third-order valence-electron chi connectivity index (χ3n) is 3.53. The summed E-state index contributed by atoms with van der Waals surface area (Å²) in [4.78, 5) is 27.5. The molecule has 6 heteroatoms. The lowest BCUT2D eigenvalue weighted by molar-refractivity contribution is -0.146. The van der Waals surface area contributed by atoms with Crippen LogP contribution in [0.1, 0.15) is 30.5 Å². The van der Waals surface area contributed by atoms with Crippen molar-refractivity contribution >= 4 is 23.2 Å². The third kappa shape index (κ3) is 3.32. The van der Waals surface area contributed by atoms with Crippen molar-refractivity contribution in [2.45, 2.75) is 33.2 Å². The molecule has 3 atom stereocenters. The highest BCUT2D eigenvalue weighted by Crippen LogP contribution is 2.36. The second kappa shape index (κ2) is 5.69. The molecule has 3 unspecified atom stereocenters. The van der Waals surface area contributed by atoms with Crippen LogP contribution in [0.15, 0.2) is 5.38 Å². The first-order valence-corrected chi connectivity index (χ1v) is 7.27. The van der Waals surface area contributed by atoms with E-state index in [-0.39, 0.29) is 5.91 Å². The number of carbonyl (C=O) groups excluding carboxylic acids is 1. The Balaban J connectivity index is 1.93. The molecule has 0 bridgehead atoms. The molecule has 1 saturated carbocycles. The molecular formula is C13H18N2O3S. The zero-order chi connectivity index (χ0) is 14.0. The maximum atomic E-state index is 12.1. The van der Waals surface area contributed by atoms with Gasteiger partial charge in [-0.15, -0.1) is 11.3 Å². The molecule has 2 rings (SSSR count). The van der Waals surface area contributed by atoms with E-state index in [1.165, 1.54) is 11.3 Å². The Kier molecular flexibility index (Phi) is 4.19. The number of aliphatic carboxylic acids is 1. The van der Waals surface area contributed by atoms with E-state index in [0.29, 0.717) is 25.3 Å². The summed E-state index contributed by atoms with van der Waals surface area (Å²) in [5.74, 6) is -1.69. The van der Waals surface area contributed by atoms with Crippen molar-refractivity contribution in [1.82, 2.24) is 10.3 Å². The summed E-state index contributed by atoms with van der Waals surface area (Å²) in [7, 11) is 0. The zero-order valence-corrected chi connectivity index (χ0v) is 11.9. The second-order valence-electron chi connectivity index (χ2n) is 5.23. The van der Waals surface area contributed by atoms with Crippen LogP contribution >= 0.6 is 11.3 Å². The van der Waals surface area contributed by atoms with Crippen molar-refractivity contribution in [3.63, 3.8) is 0 Å². The van der Waals surface area contributed by atoms with Gasteiger partial charge in [-0.3, -0.25) is 9.59 Å². The molecule has 1 aromatic rings. The van der Waals surface area contributed by atoms with Crippen LogP contribution in [0.2, 0.25) is 0 Å². The summed E-state index contributed by atoms with van der Waals surface area (Å²) in [6.07, 6.45) is 1.24. The molecule has 1 heterocycles. The number of thiazole rings is 1. The van der Waals surface area contributed by atoms with E-state index in [9.17, 15) is 9.59 Å². The van der Waals surface area contributed by atoms with Crippen LogP contribution in [-0.4, -0.2) is 22.0 Å². The van der Waals surface area contributed by atoms with Crippen molar-refractivity contribution in [2.75, 3.05) is 0 Å². The SMILES string of the molecule is Cc1csc(CNC(=O)C2CC(C)CC2C(=O)O)n1. The van der Waals surface area contributed by atoms with Crippen LogP contribution in [-0.2, 0) is 16.1 Å². The predicted octanol–water partition coefficient (Wildman–Crippen LogP) is 1.81. The molecule has 0 aromatic carbocycles. The van der Waals surface area contributed by atoms with Crippen LogP contribution in [0.5, 0.6) is 0 Å². The summed E-state index contributed by atoms with van der Waals surface area (Å²) in [6.45, 7) is 4.28. The molecule has 19 heavy (non-hydrogen) atoms. The monoisotopic (exact) mass is 282 g/mol. The molecule has 0 radical (unpaired) electrons. The molecule has 0 saturated heterocycles. The van der Waals surface area contributed by atoms with Gasteiger partial charge < -0.3 is 10.4 Å². The fourth-order valence-corrected chi connectivity index (χ4v) is 3.34. The van der Waals surface area contributed by atoms with Gasteiger partial charge >= 0.3 is 5.97 Å². The Bertz CT molecular complexity index is 486. The van der Waals surface area contributed by atoms with E-state index in [0.717, 1.165) is 10.7 Å². The number of nitrogens with zero attached hydrogens (tertiary/aromatic N) is 1. The van der Waals surface area contributed by atoms with Crippen LogP contribution in [0.4, 0.5) is 0 Å². The second-order valence-corrected chi connectivity index (χ2v) is 6.17. The first-order chi connectivity index (χ1) is 8.97. The van der Waals surface area contributed by atoms with Crippen molar-refractivity contribution in [3.8, 4) is 0 Å². The summed E-state index contributed by atoms with van der Waals surface area (Å²) < 4.78 is 0. The number of aromatic nitrogens is 1. The molecule has 1 amide bonds. The molecule has 1 fully saturated rings. The average molecular weight is 282 g/mol. The van der Waals surface area contributed by atoms with Crippen LogP contribution < -0.4 is 5.32 Å². The summed E-state index contributed by atoms with van der Waals surface area (Å²) in [5, 5.41) is 14.7. The first kappa shape index (κ1) is 14.0. The van der Waals surface area contributed by atoms with Crippen LogP contribution in [0.25, 0.3) is 0 Å². The summed E-state index contributed by atoms with van der Waals surface area (Å²) in [6, 6.07) is 0. The lowest BCUT2D eigenvalue weighted by atomic mass is 9.95. The van der Waals surface area contributed by atoms with E-state index < -0.39 is 17.8 Å². The molecule has 1 aliphatic carbocycles. The largest absolute Gasteiger partial charge is 0.481 e. The molecule has 2 N–H and O–H groups in total. The van der Waals surface area contributed by atoms with Gasteiger partial charge in [0.1, 0.15) is 5.01 Å². The van der Waals surface area contributed by atoms with Gasteiger partial charge in [-0.25, -0.2) is 4.98 Å². The highest BCUT2D eigenvalue weighted by molar-refractivity contribution is 7.09. The maximum absolute atomic E-state index is 12.1. The quantitative estimate of drug-likeness (QED) is 0.882. The summed E-state index contributed by atoms with van der Waals surface area (Å²) in [5.41, 5.74) is 0.937. The minimum Gasteiger partial charge on any atom is -0.481 e. The van der Waals surface area contributed by atoms with Gasteiger partial charge in [0.25, 0.3) is 0 Å². The molecule has 0 aliphatic heterocycles. The van der Waals surface area contributed by atoms with E-state index in [1.54, 1.807) is 0 Å². The minimum absolute atomic E-state index is 0.162. The van der Waals surface area contributed by atoms with Gasteiger partial charge in [0.2, 0.25) is 5.91 Å². The van der Waals surface area contributed by atoms with Gasteiger partial charge in [0, 0.05) is 11.1 Å². The number of nitrogens with one attached hydrogen (secondary N) is 1. The van der Waals surface area contributed by atoms with Crippen molar-refractivity contribution in [3.05, 3.63) is 16.1 Å². The predicted molar refractivity (Wildman–Crippen MR) is 71.7 cm³/mol. The molecular weight excluding hydrogens is 264 g/mol.